The molecule has 0 aliphatic rings. The van der Waals surface area contributed by atoms with Crippen molar-refractivity contribution in [2.45, 2.75) is 0 Å². The first kappa shape index (κ1) is 9.30. The second kappa shape index (κ2) is 3.57. The predicted molar refractivity (Wildman–Crippen MR) is 60.0 cm³/mol. The molecule has 0 fully saturated rings. The molecule has 0 radical (unpaired) electrons. The molecule has 0 N–H and O–H groups in total. The molecule has 0 spiro atoms. The van der Waals surface area contributed by atoms with Gasteiger partial charge in [0.25, 0.3) is 0 Å². The van der Waals surface area contributed by atoms with Crippen molar-refractivity contribution in [3.63, 3.8) is 0 Å². The highest BCUT2D eigenvalue weighted by molar-refractivity contribution is 6.30. The van der Waals surface area contributed by atoms with Crippen molar-refractivity contribution in [3.05, 3.63) is 41.7 Å². The van der Waals surface area contributed by atoms with Gasteiger partial charge in [-0.3, -0.25) is 0 Å². The molecular formula is C11H6ClN3O. The maximum absolute atomic E-state index is 5.83. The van der Waals surface area contributed by atoms with E-state index in [2.05, 4.69) is 15.4 Å². The van der Waals surface area contributed by atoms with Crippen LogP contribution < -0.4 is 0 Å². The first-order valence-corrected chi connectivity index (χ1v) is 5.04. The molecular weight excluding hydrogens is 226 g/mol. The standard InChI is InChI=1S/C11H6ClN3O/c12-8-3-1-7(2-4-8)11-9-5-13-14-6-10(9)16-15-11/h1-6H. The van der Waals surface area contributed by atoms with Gasteiger partial charge >= 0.3 is 0 Å². The quantitative estimate of drug-likeness (QED) is 0.646. The van der Waals surface area contributed by atoms with Gasteiger partial charge in [-0.2, -0.15) is 10.2 Å². The zero-order valence-corrected chi connectivity index (χ0v) is 8.85. The lowest BCUT2D eigenvalue weighted by Crippen LogP contribution is -1.80. The summed E-state index contributed by atoms with van der Waals surface area (Å²) in [6.07, 6.45) is 3.18. The third kappa shape index (κ3) is 1.44. The van der Waals surface area contributed by atoms with E-state index in [-0.39, 0.29) is 0 Å². The summed E-state index contributed by atoms with van der Waals surface area (Å²) in [5, 5.41) is 13.1. The molecule has 5 heteroatoms. The first-order chi connectivity index (χ1) is 7.84. The van der Waals surface area contributed by atoms with Crippen LogP contribution in [0.2, 0.25) is 5.02 Å². The smallest absolute Gasteiger partial charge is 0.189 e. The van der Waals surface area contributed by atoms with E-state index in [0.29, 0.717) is 10.6 Å². The summed E-state index contributed by atoms with van der Waals surface area (Å²) >= 11 is 5.83. The highest BCUT2D eigenvalue weighted by atomic mass is 35.5. The summed E-state index contributed by atoms with van der Waals surface area (Å²) in [5.74, 6) is 0. The molecule has 3 aromatic rings. The van der Waals surface area contributed by atoms with E-state index in [1.807, 2.05) is 24.3 Å². The van der Waals surface area contributed by atoms with E-state index in [1.165, 1.54) is 0 Å². The topological polar surface area (TPSA) is 51.8 Å². The Morgan fingerprint density at radius 1 is 1.00 bits per heavy atom. The number of rotatable bonds is 1. The van der Waals surface area contributed by atoms with E-state index in [9.17, 15) is 0 Å². The monoisotopic (exact) mass is 231 g/mol. The fourth-order valence-electron chi connectivity index (χ4n) is 1.52. The molecule has 2 heterocycles. The minimum atomic E-state index is 0.625. The summed E-state index contributed by atoms with van der Waals surface area (Å²) in [6, 6.07) is 7.40. The molecule has 3 rings (SSSR count). The number of halogens is 1. The van der Waals surface area contributed by atoms with Crippen molar-refractivity contribution in [1.29, 1.82) is 0 Å². The highest BCUT2D eigenvalue weighted by Crippen LogP contribution is 2.27. The molecule has 16 heavy (non-hydrogen) atoms. The Hall–Kier alpha value is -1.94. The van der Waals surface area contributed by atoms with Crippen molar-refractivity contribution in [3.8, 4) is 11.3 Å². The van der Waals surface area contributed by atoms with Crippen LogP contribution in [0.1, 0.15) is 0 Å². The molecule has 1 aromatic carbocycles. The van der Waals surface area contributed by atoms with Gasteiger partial charge < -0.3 is 4.52 Å². The largest absolute Gasteiger partial charge is 0.354 e. The molecule has 78 valence electrons. The number of nitrogens with zero attached hydrogens (tertiary/aromatic N) is 3. The Bertz CT molecular complexity index is 633. The molecule has 4 nitrogen and oxygen atoms in total. The van der Waals surface area contributed by atoms with Gasteiger partial charge in [0.1, 0.15) is 5.69 Å². The van der Waals surface area contributed by atoms with E-state index in [1.54, 1.807) is 12.4 Å². The van der Waals surface area contributed by atoms with Gasteiger partial charge in [0.05, 0.1) is 17.8 Å². The lowest BCUT2D eigenvalue weighted by Gasteiger charge is -1.95. The van der Waals surface area contributed by atoms with Gasteiger partial charge in [-0.05, 0) is 12.1 Å². The van der Waals surface area contributed by atoms with Crippen molar-refractivity contribution in [2.75, 3.05) is 0 Å². The Kier molecular flexibility index (Phi) is 2.08. The maximum Gasteiger partial charge on any atom is 0.189 e. The third-order valence-corrected chi connectivity index (χ3v) is 2.55. The average Bonchev–Trinajstić information content (AvgIpc) is 2.74. The SMILES string of the molecule is Clc1ccc(-c2noc3cnncc23)cc1. The van der Waals surface area contributed by atoms with Crippen LogP contribution in [0.25, 0.3) is 22.2 Å². The molecule has 0 bridgehead atoms. The summed E-state index contributed by atoms with van der Waals surface area (Å²) in [7, 11) is 0. The molecule has 2 aromatic heterocycles. The van der Waals surface area contributed by atoms with Gasteiger partial charge in [-0.15, -0.1) is 0 Å². The van der Waals surface area contributed by atoms with Crippen LogP contribution in [-0.2, 0) is 0 Å². The van der Waals surface area contributed by atoms with E-state index >= 15 is 0 Å². The normalized spacial score (nSPS) is 10.8. The predicted octanol–water partition coefficient (Wildman–Crippen LogP) is 2.94. The number of fused-ring (bicyclic) bond motifs is 1. The third-order valence-electron chi connectivity index (χ3n) is 2.30. The number of hydrogen-bond donors (Lipinski definition) is 0. The van der Waals surface area contributed by atoms with E-state index in [4.69, 9.17) is 16.1 Å². The molecule has 0 amide bonds. The minimum absolute atomic E-state index is 0.625. The van der Waals surface area contributed by atoms with Gasteiger partial charge in [0.2, 0.25) is 0 Å². The van der Waals surface area contributed by atoms with Gasteiger partial charge in [-0.1, -0.05) is 28.9 Å². The maximum atomic E-state index is 5.83. The number of benzene rings is 1. The Labute approximate surface area is 95.8 Å². The van der Waals surface area contributed by atoms with Crippen LogP contribution in [0.5, 0.6) is 0 Å². The van der Waals surface area contributed by atoms with Gasteiger partial charge in [0, 0.05) is 10.6 Å². The van der Waals surface area contributed by atoms with Gasteiger partial charge in [-0.25, -0.2) is 0 Å². The Morgan fingerprint density at radius 3 is 2.56 bits per heavy atom. The second-order valence-corrected chi connectivity index (χ2v) is 3.74. The Balaban J connectivity index is 2.22. The molecule has 0 saturated heterocycles. The fourth-order valence-corrected chi connectivity index (χ4v) is 1.65. The first-order valence-electron chi connectivity index (χ1n) is 4.66. The summed E-state index contributed by atoms with van der Waals surface area (Å²) in [6.45, 7) is 0. The van der Waals surface area contributed by atoms with Crippen LogP contribution in [0, 0.1) is 0 Å². The van der Waals surface area contributed by atoms with Crippen molar-refractivity contribution in [1.82, 2.24) is 15.4 Å². The van der Waals surface area contributed by atoms with Crippen molar-refractivity contribution < 1.29 is 4.52 Å². The highest BCUT2D eigenvalue weighted by Gasteiger charge is 2.10. The molecule has 0 unspecified atom stereocenters. The summed E-state index contributed by atoms with van der Waals surface area (Å²) in [4.78, 5) is 0. The van der Waals surface area contributed by atoms with Crippen molar-refractivity contribution >= 4 is 22.6 Å². The summed E-state index contributed by atoms with van der Waals surface area (Å²) in [5.41, 5.74) is 2.32. The number of aromatic nitrogens is 3. The zero-order chi connectivity index (χ0) is 11.0. The molecule has 0 aliphatic carbocycles. The van der Waals surface area contributed by atoms with Crippen LogP contribution in [0.4, 0.5) is 0 Å². The van der Waals surface area contributed by atoms with Crippen LogP contribution in [-0.4, -0.2) is 15.4 Å². The minimum Gasteiger partial charge on any atom is -0.354 e. The molecule has 0 atom stereocenters. The second-order valence-electron chi connectivity index (χ2n) is 3.31. The molecule has 0 saturated carbocycles. The van der Waals surface area contributed by atoms with Gasteiger partial charge in [0.15, 0.2) is 5.58 Å². The van der Waals surface area contributed by atoms with Crippen LogP contribution in [0.15, 0.2) is 41.2 Å². The van der Waals surface area contributed by atoms with Crippen molar-refractivity contribution in [2.24, 2.45) is 0 Å². The lowest BCUT2D eigenvalue weighted by molar-refractivity contribution is 0.458. The average molecular weight is 232 g/mol. The fraction of sp³-hybridized carbons (Fsp3) is 0. The lowest BCUT2D eigenvalue weighted by atomic mass is 10.1. The molecule has 0 aliphatic heterocycles. The van der Waals surface area contributed by atoms with E-state index < -0.39 is 0 Å². The van der Waals surface area contributed by atoms with E-state index in [0.717, 1.165) is 16.6 Å². The van der Waals surface area contributed by atoms with Crippen LogP contribution >= 0.6 is 11.6 Å². The van der Waals surface area contributed by atoms with Crippen LogP contribution in [0.3, 0.4) is 0 Å². The summed E-state index contributed by atoms with van der Waals surface area (Å²) < 4.78 is 5.15. The number of hydrogen-bond acceptors (Lipinski definition) is 4. The Morgan fingerprint density at radius 2 is 1.75 bits per heavy atom. The zero-order valence-electron chi connectivity index (χ0n) is 8.09.